The number of fused-ring (bicyclic) bond motifs is 1. The van der Waals surface area contributed by atoms with Gasteiger partial charge < -0.3 is 19.9 Å². The molecule has 0 spiro atoms. The Hall–Kier alpha value is -5.31. The number of rotatable bonds is 7. The third kappa shape index (κ3) is 2.94. The number of allylic oxidation sites excluding steroid dienone is 5. The lowest BCUT2D eigenvalue weighted by molar-refractivity contribution is 1.13. The molecule has 1 aliphatic rings. The minimum absolute atomic E-state index is 0.246. The van der Waals surface area contributed by atoms with Crippen LogP contribution in [0.2, 0.25) is 0 Å². The summed E-state index contributed by atoms with van der Waals surface area (Å²) in [5, 5.41) is 29.8. The van der Waals surface area contributed by atoms with Crippen LogP contribution in [0.15, 0.2) is 80.3 Å². The fourth-order valence-corrected chi connectivity index (χ4v) is 5.59. The molecular formula is C29H22BN7. The first-order chi connectivity index (χ1) is 18.0. The SMILES string of the molecule is C=CC1=C(C=C)n2c(C=N)c(NN)c3cccc(c32)B1n1c(C(=C)C#N)c(C=C)c2cccc(C#N)c21. The van der Waals surface area contributed by atoms with Crippen LogP contribution >= 0.6 is 0 Å². The van der Waals surface area contributed by atoms with Gasteiger partial charge in [-0.1, -0.05) is 68.8 Å². The van der Waals surface area contributed by atoms with Crippen LogP contribution in [0.1, 0.15) is 22.5 Å². The lowest BCUT2D eigenvalue weighted by Crippen LogP contribution is -2.45. The summed E-state index contributed by atoms with van der Waals surface area (Å²) in [6.07, 6.45) is 6.41. The number of para-hydroxylation sites is 2. The van der Waals surface area contributed by atoms with Gasteiger partial charge in [-0.3, -0.25) is 5.84 Å². The number of aromatic nitrogens is 2. The van der Waals surface area contributed by atoms with Crippen LogP contribution in [0.5, 0.6) is 0 Å². The molecule has 0 atom stereocenters. The van der Waals surface area contributed by atoms with E-state index in [-0.39, 0.29) is 5.57 Å². The van der Waals surface area contributed by atoms with Crippen LogP contribution in [0.4, 0.5) is 5.69 Å². The lowest BCUT2D eigenvalue weighted by Gasteiger charge is -2.29. The number of nitrogens with zero attached hydrogens (tertiary/aromatic N) is 4. The first kappa shape index (κ1) is 23.4. The smallest absolute Gasteiger partial charge is 0.332 e. The molecule has 0 saturated heterocycles. The van der Waals surface area contributed by atoms with Crippen molar-refractivity contribution in [3.8, 4) is 12.1 Å². The molecule has 8 heteroatoms. The van der Waals surface area contributed by atoms with Crippen molar-refractivity contribution in [1.82, 2.24) is 9.05 Å². The van der Waals surface area contributed by atoms with Gasteiger partial charge in [-0.05, 0) is 23.1 Å². The monoisotopic (exact) mass is 479 g/mol. The van der Waals surface area contributed by atoms with Gasteiger partial charge in [-0.25, -0.2) is 0 Å². The molecule has 37 heavy (non-hydrogen) atoms. The van der Waals surface area contributed by atoms with E-state index in [9.17, 15) is 10.5 Å². The summed E-state index contributed by atoms with van der Waals surface area (Å²) in [4.78, 5) is 0. The zero-order valence-corrected chi connectivity index (χ0v) is 20.0. The summed E-state index contributed by atoms with van der Waals surface area (Å²) in [7, 11) is 0. The molecule has 2 aromatic heterocycles. The second-order valence-corrected chi connectivity index (χ2v) is 8.52. The van der Waals surface area contributed by atoms with Gasteiger partial charge in [0.25, 0.3) is 0 Å². The van der Waals surface area contributed by atoms with Crippen molar-refractivity contribution >= 4 is 63.4 Å². The Bertz CT molecular complexity index is 1830. The highest BCUT2D eigenvalue weighted by Crippen LogP contribution is 2.40. The largest absolute Gasteiger partial charge is 0.374 e. The van der Waals surface area contributed by atoms with Crippen molar-refractivity contribution in [2.75, 3.05) is 5.43 Å². The van der Waals surface area contributed by atoms with E-state index in [2.05, 4.69) is 43.9 Å². The predicted molar refractivity (Wildman–Crippen MR) is 153 cm³/mol. The number of hydrogen-bond acceptors (Lipinski definition) is 5. The van der Waals surface area contributed by atoms with E-state index in [1.165, 1.54) is 6.21 Å². The fourth-order valence-electron chi connectivity index (χ4n) is 5.59. The second kappa shape index (κ2) is 8.73. The maximum atomic E-state index is 10.1. The quantitative estimate of drug-likeness (QED) is 0.116. The minimum Gasteiger partial charge on any atom is -0.374 e. The van der Waals surface area contributed by atoms with Crippen LogP contribution in [-0.2, 0) is 0 Å². The van der Waals surface area contributed by atoms with Gasteiger partial charge in [0.2, 0.25) is 0 Å². The molecule has 0 unspecified atom stereocenters. The standard InChI is InChI=1S/C29H22BN7/c1-5-19-20-11-8-10-18(15-32)28(20)37(27(19)17(4)14-31)30-22(6-2)24(7-3)36-25(16-33)26(35-34)21-12-9-13-23(30)29(21)36/h5-13,16,33,35H,1-4,34H2. The molecule has 0 bridgehead atoms. The first-order valence-electron chi connectivity index (χ1n) is 11.4. The Kier molecular flexibility index (Phi) is 5.53. The fraction of sp³-hybridized carbons (Fsp3) is 0. The Morgan fingerprint density at radius 1 is 1.03 bits per heavy atom. The number of benzene rings is 2. The topological polar surface area (TPSA) is 119 Å². The third-order valence-corrected chi connectivity index (χ3v) is 6.94. The van der Waals surface area contributed by atoms with Gasteiger partial charge >= 0.3 is 6.85 Å². The summed E-state index contributed by atoms with van der Waals surface area (Å²) in [5.41, 5.74) is 9.82. The summed E-state index contributed by atoms with van der Waals surface area (Å²) in [6.45, 7) is 15.8. The van der Waals surface area contributed by atoms with E-state index in [0.717, 1.165) is 32.8 Å². The lowest BCUT2D eigenvalue weighted by atomic mass is 9.47. The van der Waals surface area contributed by atoms with Gasteiger partial charge in [0.05, 0.1) is 39.2 Å². The molecule has 0 saturated carbocycles. The maximum absolute atomic E-state index is 10.1. The molecular weight excluding hydrogens is 457 g/mol. The highest BCUT2D eigenvalue weighted by Gasteiger charge is 2.38. The molecule has 1 aliphatic heterocycles. The van der Waals surface area contributed by atoms with Crippen molar-refractivity contribution in [2.45, 2.75) is 0 Å². The molecule has 7 nitrogen and oxygen atoms in total. The van der Waals surface area contributed by atoms with Crippen molar-refractivity contribution in [2.24, 2.45) is 5.84 Å². The Balaban J connectivity index is 2.08. The molecule has 0 aliphatic carbocycles. The van der Waals surface area contributed by atoms with E-state index in [1.807, 2.05) is 39.4 Å². The average Bonchev–Trinajstić information content (AvgIpc) is 3.45. The van der Waals surface area contributed by atoms with E-state index in [1.54, 1.807) is 24.3 Å². The molecule has 5 rings (SSSR count). The maximum Gasteiger partial charge on any atom is 0.332 e. The number of nitrogen functional groups attached to an aromatic ring is 1. The Morgan fingerprint density at radius 3 is 2.35 bits per heavy atom. The molecule has 4 aromatic rings. The molecule has 0 fully saturated rings. The van der Waals surface area contributed by atoms with E-state index in [0.29, 0.717) is 33.9 Å². The average molecular weight is 479 g/mol. The number of nitrogens with one attached hydrogen (secondary N) is 2. The van der Waals surface area contributed by atoms with Crippen LogP contribution in [0.25, 0.3) is 39.2 Å². The minimum atomic E-state index is -0.494. The zero-order valence-electron chi connectivity index (χ0n) is 20.0. The number of hydrogen-bond donors (Lipinski definition) is 3. The van der Waals surface area contributed by atoms with Gasteiger partial charge in [-0.2, -0.15) is 10.5 Å². The number of nitrogens with two attached hydrogens (primary N) is 1. The van der Waals surface area contributed by atoms with E-state index >= 15 is 0 Å². The van der Waals surface area contributed by atoms with Crippen LogP contribution in [-0.4, -0.2) is 22.1 Å². The highest BCUT2D eigenvalue weighted by molar-refractivity contribution is 6.83. The van der Waals surface area contributed by atoms with Gasteiger partial charge in [0.15, 0.2) is 0 Å². The van der Waals surface area contributed by atoms with Gasteiger partial charge in [-0.15, -0.1) is 0 Å². The van der Waals surface area contributed by atoms with Crippen molar-refractivity contribution < 1.29 is 0 Å². The first-order valence-corrected chi connectivity index (χ1v) is 11.4. The molecule has 4 N–H and O–H groups in total. The summed E-state index contributed by atoms with van der Waals surface area (Å²) in [5.74, 6) is 5.92. The summed E-state index contributed by atoms with van der Waals surface area (Å²) in [6, 6.07) is 15.9. The van der Waals surface area contributed by atoms with E-state index < -0.39 is 6.85 Å². The number of nitriles is 2. The zero-order chi connectivity index (χ0) is 26.4. The van der Waals surface area contributed by atoms with Crippen molar-refractivity contribution in [1.29, 1.82) is 15.9 Å². The Morgan fingerprint density at radius 2 is 1.76 bits per heavy atom. The summed E-state index contributed by atoms with van der Waals surface area (Å²) < 4.78 is 3.93. The number of hydrazine groups is 1. The Labute approximate surface area is 214 Å². The summed E-state index contributed by atoms with van der Waals surface area (Å²) >= 11 is 0. The molecule has 2 aromatic carbocycles. The van der Waals surface area contributed by atoms with E-state index in [4.69, 9.17) is 11.3 Å². The van der Waals surface area contributed by atoms with Crippen LogP contribution in [0.3, 0.4) is 0 Å². The van der Waals surface area contributed by atoms with Crippen molar-refractivity contribution in [3.63, 3.8) is 0 Å². The predicted octanol–water partition coefficient (Wildman–Crippen LogP) is 4.81. The molecule has 3 heterocycles. The van der Waals surface area contributed by atoms with Gasteiger partial charge in [0, 0.05) is 28.2 Å². The molecule has 0 amide bonds. The van der Waals surface area contributed by atoms with Crippen molar-refractivity contribution in [3.05, 3.63) is 103 Å². The number of anilines is 1. The van der Waals surface area contributed by atoms with Gasteiger partial charge in [0.1, 0.15) is 12.1 Å². The second-order valence-electron chi connectivity index (χ2n) is 8.52. The normalized spacial score (nSPS) is 12.2. The molecule has 0 radical (unpaired) electrons. The third-order valence-electron chi connectivity index (χ3n) is 6.94. The molecule has 176 valence electrons. The van der Waals surface area contributed by atoms with Crippen LogP contribution in [0, 0.1) is 28.1 Å². The highest BCUT2D eigenvalue weighted by atomic mass is 15.2. The van der Waals surface area contributed by atoms with Crippen LogP contribution < -0.4 is 16.7 Å².